The molecule has 0 amide bonds. The van der Waals surface area contributed by atoms with Crippen molar-refractivity contribution in [3.63, 3.8) is 0 Å². The van der Waals surface area contributed by atoms with Crippen LogP contribution in [0.4, 0.5) is 0 Å². The Bertz CT molecular complexity index is 236. The molecule has 0 radical (unpaired) electrons. The number of hydrogen-bond acceptors (Lipinski definition) is 2. The summed E-state index contributed by atoms with van der Waals surface area (Å²) in [6.07, 6.45) is 1.73. The van der Waals surface area contributed by atoms with Crippen LogP contribution < -0.4 is 0 Å². The van der Waals surface area contributed by atoms with E-state index in [1.165, 1.54) is 0 Å². The van der Waals surface area contributed by atoms with Gasteiger partial charge in [-0.25, -0.2) is 4.98 Å². The third kappa shape index (κ3) is 1.96. The van der Waals surface area contributed by atoms with Crippen molar-refractivity contribution in [1.82, 2.24) is 4.98 Å². The van der Waals surface area contributed by atoms with Crippen molar-refractivity contribution >= 4 is 11.6 Å². The molecule has 3 heteroatoms. The summed E-state index contributed by atoms with van der Waals surface area (Å²) >= 11 is 5.53. The standard InChI is InChI=1S/C8H12ClNO/c1-8(2,3)6-5-10-7(4-9)11-6/h5H,4H2,1-3H3. The van der Waals surface area contributed by atoms with Gasteiger partial charge >= 0.3 is 0 Å². The zero-order valence-corrected chi connectivity index (χ0v) is 7.77. The highest BCUT2D eigenvalue weighted by molar-refractivity contribution is 6.16. The Labute approximate surface area is 71.6 Å². The van der Waals surface area contributed by atoms with Gasteiger partial charge in [0.2, 0.25) is 5.89 Å². The normalized spacial score (nSPS) is 12.0. The smallest absolute Gasteiger partial charge is 0.209 e. The molecular weight excluding hydrogens is 162 g/mol. The van der Waals surface area contributed by atoms with Gasteiger partial charge in [0.25, 0.3) is 0 Å². The van der Waals surface area contributed by atoms with E-state index in [0.29, 0.717) is 11.8 Å². The molecule has 0 aliphatic rings. The van der Waals surface area contributed by atoms with Gasteiger partial charge in [-0.1, -0.05) is 20.8 Å². The van der Waals surface area contributed by atoms with Crippen molar-refractivity contribution in [3.8, 4) is 0 Å². The van der Waals surface area contributed by atoms with Crippen LogP contribution >= 0.6 is 11.6 Å². The Morgan fingerprint density at radius 3 is 2.45 bits per heavy atom. The van der Waals surface area contributed by atoms with Crippen LogP contribution in [-0.2, 0) is 11.3 Å². The molecule has 1 aromatic rings. The number of rotatable bonds is 1. The lowest BCUT2D eigenvalue weighted by Gasteiger charge is -2.12. The fourth-order valence-corrected chi connectivity index (χ4v) is 0.842. The molecule has 0 bridgehead atoms. The molecule has 1 heterocycles. The highest BCUT2D eigenvalue weighted by Crippen LogP contribution is 2.22. The highest BCUT2D eigenvalue weighted by Gasteiger charge is 2.18. The number of oxazole rings is 1. The van der Waals surface area contributed by atoms with Gasteiger partial charge in [-0.05, 0) is 0 Å². The number of halogens is 1. The van der Waals surface area contributed by atoms with Gasteiger partial charge in [0.15, 0.2) is 0 Å². The largest absolute Gasteiger partial charge is 0.444 e. The molecule has 0 spiro atoms. The molecule has 2 nitrogen and oxygen atoms in total. The summed E-state index contributed by atoms with van der Waals surface area (Å²) in [7, 11) is 0. The molecular formula is C8H12ClNO. The molecule has 0 saturated carbocycles. The van der Waals surface area contributed by atoms with E-state index in [0.717, 1.165) is 5.76 Å². The summed E-state index contributed by atoms with van der Waals surface area (Å²) in [6.45, 7) is 6.22. The van der Waals surface area contributed by atoms with Gasteiger partial charge in [-0.2, -0.15) is 0 Å². The monoisotopic (exact) mass is 173 g/mol. The first-order valence-corrected chi connectivity index (χ1v) is 4.08. The topological polar surface area (TPSA) is 26.0 Å². The number of hydrogen-bond donors (Lipinski definition) is 0. The highest BCUT2D eigenvalue weighted by atomic mass is 35.5. The summed E-state index contributed by atoms with van der Waals surface area (Å²) < 4.78 is 5.35. The Morgan fingerprint density at radius 1 is 1.55 bits per heavy atom. The molecule has 0 saturated heterocycles. The second kappa shape index (κ2) is 2.86. The second-order valence-electron chi connectivity index (χ2n) is 3.50. The Balaban J connectivity index is 2.89. The molecule has 1 aromatic heterocycles. The minimum absolute atomic E-state index is 0.0251. The predicted octanol–water partition coefficient (Wildman–Crippen LogP) is 2.71. The van der Waals surface area contributed by atoms with Gasteiger partial charge in [-0.15, -0.1) is 11.6 Å². The first-order valence-electron chi connectivity index (χ1n) is 3.55. The first-order chi connectivity index (χ1) is 5.04. The summed E-state index contributed by atoms with van der Waals surface area (Å²) in [5.74, 6) is 1.82. The van der Waals surface area contributed by atoms with E-state index < -0.39 is 0 Å². The second-order valence-corrected chi connectivity index (χ2v) is 3.77. The number of aromatic nitrogens is 1. The maximum absolute atomic E-state index is 5.53. The molecule has 0 aromatic carbocycles. The molecule has 0 aliphatic carbocycles. The maximum Gasteiger partial charge on any atom is 0.209 e. The Morgan fingerprint density at radius 2 is 2.18 bits per heavy atom. The first kappa shape index (κ1) is 8.60. The van der Waals surface area contributed by atoms with Crippen LogP contribution in [0.2, 0.25) is 0 Å². The molecule has 1 rings (SSSR count). The zero-order valence-electron chi connectivity index (χ0n) is 7.02. The molecule has 11 heavy (non-hydrogen) atoms. The van der Waals surface area contributed by atoms with Crippen LogP contribution in [-0.4, -0.2) is 4.98 Å². The predicted molar refractivity (Wildman–Crippen MR) is 44.8 cm³/mol. The van der Waals surface area contributed by atoms with Crippen molar-refractivity contribution < 1.29 is 4.42 Å². The van der Waals surface area contributed by atoms with Crippen molar-refractivity contribution in [1.29, 1.82) is 0 Å². The van der Waals surface area contributed by atoms with Gasteiger partial charge < -0.3 is 4.42 Å². The van der Waals surface area contributed by atoms with Crippen molar-refractivity contribution in [2.24, 2.45) is 0 Å². The van der Waals surface area contributed by atoms with Gasteiger partial charge in [0.05, 0.1) is 12.1 Å². The molecule has 0 aliphatic heterocycles. The van der Waals surface area contributed by atoms with E-state index >= 15 is 0 Å². The van der Waals surface area contributed by atoms with Crippen LogP contribution in [0, 0.1) is 0 Å². The van der Waals surface area contributed by atoms with E-state index in [-0.39, 0.29) is 5.41 Å². The fraction of sp³-hybridized carbons (Fsp3) is 0.625. The summed E-state index contributed by atoms with van der Waals surface area (Å²) in [4.78, 5) is 4.00. The van der Waals surface area contributed by atoms with Crippen LogP contribution in [0.5, 0.6) is 0 Å². The fourth-order valence-electron chi connectivity index (χ4n) is 0.719. The minimum Gasteiger partial charge on any atom is -0.444 e. The van der Waals surface area contributed by atoms with E-state index in [9.17, 15) is 0 Å². The molecule has 0 unspecified atom stereocenters. The quantitative estimate of drug-likeness (QED) is 0.611. The molecule has 0 fully saturated rings. The molecule has 62 valence electrons. The van der Waals surface area contributed by atoms with Crippen molar-refractivity contribution in [3.05, 3.63) is 17.8 Å². The average molecular weight is 174 g/mol. The third-order valence-corrected chi connectivity index (χ3v) is 1.64. The van der Waals surface area contributed by atoms with E-state index in [1.54, 1.807) is 6.20 Å². The summed E-state index contributed by atoms with van der Waals surface area (Å²) in [5.41, 5.74) is 0.0251. The van der Waals surface area contributed by atoms with Crippen LogP contribution in [0.25, 0.3) is 0 Å². The molecule has 0 atom stereocenters. The Kier molecular flexibility index (Phi) is 2.23. The van der Waals surface area contributed by atoms with Crippen LogP contribution in [0.15, 0.2) is 10.6 Å². The lowest BCUT2D eigenvalue weighted by molar-refractivity contribution is 0.390. The Hall–Kier alpha value is -0.500. The van der Waals surface area contributed by atoms with Crippen LogP contribution in [0.3, 0.4) is 0 Å². The average Bonchev–Trinajstić information content (AvgIpc) is 2.32. The summed E-state index contributed by atoms with van der Waals surface area (Å²) in [6, 6.07) is 0. The van der Waals surface area contributed by atoms with Gasteiger partial charge in [-0.3, -0.25) is 0 Å². The number of alkyl halides is 1. The minimum atomic E-state index is 0.0251. The van der Waals surface area contributed by atoms with E-state index in [4.69, 9.17) is 16.0 Å². The van der Waals surface area contributed by atoms with Crippen molar-refractivity contribution in [2.45, 2.75) is 32.1 Å². The third-order valence-electron chi connectivity index (χ3n) is 1.41. The lowest BCUT2D eigenvalue weighted by Crippen LogP contribution is -2.09. The van der Waals surface area contributed by atoms with Crippen LogP contribution in [0.1, 0.15) is 32.4 Å². The van der Waals surface area contributed by atoms with E-state index in [1.807, 2.05) is 0 Å². The van der Waals surface area contributed by atoms with Gasteiger partial charge in [0, 0.05) is 5.41 Å². The molecule has 0 N–H and O–H groups in total. The zero-order chi connectivity index (χ0) is 8.48. The SMILES string of the molecule is CC(C)(C)c1cnc(CCl)o1. The van der Waals surface area contributed by atoms with Crippen molar-refractivity contribution in [2.75, 3.05) is 0 Å². The lowest BCUT2D eigenvalue weighted by atomic mass is 9.94. The summed E-state index contributed by atoms with van der Waals surface area (Å²) in [5, 5.41) is 0. The number of nitrogens with zero attached hydrogens (tertiary/aromatic N) is 1. The van der Waals surface area contributed by atoms with Gasteiger partial charge in [0.1, 0.15) is 5.76 Å². The van der Waals surface area contributed by atoms with E-state index in [2.05, 4.69) is 25.8 Å². The maximum atomic E-state index is 5.53.